The van der Waals surface area contributed by atoms with E-state index in [4.69, 9.17) is 0 Å². The summed E-state index contributed by atoms with van der Waals surface area (Å²) in [6.07, 6.45) is 4.65. The predicted molar refractivity (Wildman–Crippen MR) is 89.2 cm³/mol. The standard InChI is InChI=1S/C14H14N2O4.C4H6/c1-3-5-9-8(4-2)13(19)16(14(9)20)10-6-7-11(17)15-12(10)18;1-3-4-2/h3-5,10H,1,6-7H2,2H3,(H,15,17,18);1-2H3/b8-4+,9-5+;. The van der Waals surface area contributed by atoms with Crippen molar-refractivity contribution < 1.29 is 19.2 Å². The maximum absolute atomic E-state index is 12.3. The van der Waals surface area contributed by atoms with Gasteiger partial charge in [-0.15, -0.1) is 11.8 Å². The number of allylic oxidation sites excluding steroid dienone is 3. The number of nitrogens with zero attached hydrogens (tertiary/aromatic N) is 1. The van der Waals surface area contributed by atoms with Gasteiger partial charge in [0.1, 0.15) is 6.04 Å². The van der Waals surface area contributed by atoms with E-state index >= 15 is 0 Å². The number of piperidine rings is 1. The summed E-state index contributed by atoms with van der Waals surface area (Å²) in [5, 5.41) is 2.14. The molecule has 0 radical (unpaired) electrons. The number of carbonyl (C=O) groups excluding carboxylic acids is 4. The van der Waals surface area contributed by atoms with Crippen molar-refractivity contribution in [3.63, 3.8) is 0 Å². The number of nitrogens with one attached hydrogen (secondary N) is 1. The smallest absolute Gasteiger partial charge is 0.262 e. The Kier molecular flexibility index (Phi) is 6.87. The summed E-state index contributed by atoms with van der Waals surface area (Å²) in [4.78, 5) is 48.4. The van der Waals surface area contributed by atoms with E-state index in [0.717, 1.165) is 4.90 Å². The number of carbonyl (C=O) groups is 4. The van der Waals surface area contributed by atoms with E-state index in [1.54, 1.807) is 6.92 Å². The van der Waals surface area contributed by atoms with Crippen LogP contribution < -0.4 is 5.32 Å². The maximum Gasteiger partial charge on any atom is 0.262 e. The van der Waals surface area contributed by atoms with E-state index in [1.807, 2.05) is 13.8 Å². The molecule has 2 rings (SSSR count). The van der Waals surface area contributed by atoms with E-state index in [1.165, 1.54) is 18.2 Å². The maximum atomic E-state index is 12.3. The van der Waals surface area contributed by atoms with E-state index in [2.05, 4.69) is 23.7 Å². The molecule has 0 aromatic heterocycles. The lowest BCUT2D eigenvalue weighted by Crippen LogP contribution is -2.54. The number of imide groups is 2. The third-order valence-electron chi connectivity index (χ3n) is 3.53. The molecule has 0 spiro atoms. The summed E-state index contributed by atoms with van der Waals surface area (Å²) in [5.74, 6) is 3.31. The van der Waals surface area contributed by atoms with Crippen LogP contribution in [-0.4, -0.2) is 34.6 Å². The van der Waals surface area contributed by atoms with Gasteiger partial charge in [-0.05, 0) is 33.3 Å². The molecule has 0 bridgehead atoms. The third kappa shape index (κ3) is 3.87. The average molecular weight is 328 g/mol. The summed E-state index contributed by atoms with van der Waals surface area (Å²) in [6.45, 7) is 8.79. The predicted octanol–water partition coefficient (Wildman–Crippen LogP) is 1.25. The van der Waals surface area contributed by atoms with Gasteiger partial charge in [0.2, 0.25) is 11.8 Å². The van der Waals surface area contributed by atoms with Crippen LogP contribution in [0.1, 0.15) is 33.6 Å². The van der Waals surface area contributed by atoms with Crippen molar-refractivity contribution in [1.82, 2.24) is 10.2 Å². The Morgan fingerprint density at radius 3 is 2.17 bits per heavy atom. The molecule has 24 heavy (non-hydrogen) atoms. The minimum atomic E-state index is -0.932. The fourth-order valence-corrected chi connectivity index (χ4v) is 2.35. The van der Waals surface area contributed by atoms with Crippen molar-refractivity contribution >= 4 is 23.6 Å². The molecule has 1 N–H and O–H groups in total. The highest BCUT2D eigenvalue weighted by molar-refractivity contribution is 6.26. The van der Waals surface area contributed by atoms with Crippen LogP contribution in [0, 0.1) is 11.8 Å². The SMILES string of the molecule is C=C/C=C1/C(=O)N(C2CCC(=O)NC2=O)C(=O)/C1=C/C.CC#CC. The molecular weight excluding hydrogens is 308 g/mol. The molecule has 2 fully saturated rings. The lowest BCUT2D eigenvalue weighted by Gasteiger charge is -2.27. The van der Waals surface area contributed by atoms with E-state index < -0.39 is 29.7 Å². The van der Waals surface area contributed by atoms with Crippen LogP contribution in [0.5, 0.6) is 0 Å². The second-order valence-corrected chi connectivity index (χ2v) is 4.97. The minimum absolute atomic E-state index is 0.110. The highest BCUT2D eigenvalue weighted by Crippen LogP contribution is 2.29. The first-order valence-electron chi connectivity index (χ1n) is 7.47. The Balaban J connectivity index is 0.000000648. The molecule has 126 valence electrons. The van der Waals surface area contributed by atoms with Gasteiger partial charge in [-0.1, -0.05) is 18.7 Å². The van der Waals surface area contributed by atoms with Crippen LogP contribution in [-0.2, 0) is 19.2 Å². The summed E-state index contributed by atoms with van der Waals surface area (Å²) in [5.41, 5.74) is 0.469. The van der Waals surface area contributed by atoms with Gasteiger partial charge in [-0.2, -0.15) is 0 Å². The van der Waals surface area contributed by atoms with Crippen LogP contribution >= 0.6 is 0 Å². The van der Waals surface area contributed by atoms with Gasteiger partial charge in [-0.25, -0.2) is 0 Å². The lowest BCUT2D eigenvalue weighted by atomic mass is 10.0. The number of rotatable bonds is 2. The zero-order chi connectivity index (χ0) is 18.3. The second-order valence-electron chi connectivity index (χ2n) is 4.97. The third-order valence-corrected chi connectivity index (χ3v) is 3.53. The number of hydrogen-bond donors (Lipinski definition) is 1. The summed E-state index contributed by atoms with van der Waals surface area (Å²) >= 11 is 0. The molecule has 1 atom stereocenters. The zero-order valence-electron chi connectivity index (χ0n) is 14.0. The molecule has 2 heterocycles. The van der Waals surface area contributed by atoms with Crippen molar-refractivity contribution in [2.24, 2.45) is 0 Å². The Bertz CT molecular complexity index is 698. The molecule has 2 aliphatic rings. The second kappa shape index (κ2) is 8.63. The first-order valence-corrected chi connectivity index (χ1v) is 7.47. The van der Waals surface area contributed by atoms with Gasteiger partial charge in [0, 0.05) is 12.0 Å². The Morgan fingerprint density at radius 2 is 1.71 bits per heavy atom. The van der Waals surface area contributed by atoms with Gasteiger partial charge < -0.3 is 0 Å². The van der Waals surface area contributed by atoms with Crippen LogP contribution in [0.15, 0.2) is 36.0 Å². The number of hydrogen-bond acceptors (Lipinski definition) is 4. The van der Waals surface area contributed by atoms with Gasteiger partial charge in [0.15, 0.2) is 0 Å². The highest BCUT2D eigenvalue weighted by Gasteiger charge is 2.45. The molecule has 0 aliphatic carbocycles. The van der Waals surface area contributed by atoms with Crippen LogP contribution in [0.4, 0.5) is 0 Å². The quantitative estimate of drug-likeness (QED) is 0.470. The van der Waals surface area contributed by atoms with Crippen molar-refractivity contribution in [2.75, 3.05) is 0 Å². The van der Waals surface area contributed by atoms with E-state index in [9.17, 15) is 19.2 Å². The molecule has 4 amide bonds. The fraction of sp³-hybridized carbons (Fsp3) is 0.333. The minimum Gasteiger partial charge on any atom is -0.295 e. The fourth-order valence-electron chi connectivity index (χ4n) is 2.35. The summed E-state index contributed by atoms with van der Waals surface area (Å²) < 4.78 is 0. The topological polar surface area (TPSA) is 83.6 Å². The van der Waals surface area contributed by atoms with Gasteiger partial charge in [0.25, 0.3) is 11.8 Å². The number of likely N-dealkylation sites (tertiary alicyclic amines) is 1. The molecule has 2 aliphatic heterocycles. The first-order chi connectivity index (χ1) is 11.4. The molecular formula is C18H20N2O4. The largest absolute Gasteiger partial charge is 0.295 e. The molecule has 2 saturated heterocycles. The lowest BCUT2D eigenvalue weighted by molar-refractivity contribution is -0.149. The summed E-state index contributed by atoms with van der Waals surface area (Å²) in [6, 6.07) is -0.932. The van der Waals surface area contributed by atoms with E-state index in [0.29, 0.717) is 0 Å². The van der Waals surface area contributed by atoms with Crippen LogP contribution in [0.25, 0.3) is 0 Å². The van der Waals surface area contributed by atoms with Crippen LogP contribution in [0.3, 0.4) is 0 Å². The molecule has 6 heteroatoms. The van der Waals surface area contributed by atoms with Gasteiger partial charge in [-0.3, -0.25) is 29.4 Å². The van der Waals surface area contributed by atoms with Gasteiger partial charge >= 0.3 is 0 Å². The van der Waals surface area contributed by atoms with Crippen LogP contribution in [0.2, 0.25) is 0 Å². The van der Waals surface area contributed by atoms with Crippen molar-refractivity contribution in [2.45, 2.75) is 39.7 Å². The Labute approximate surface area is 141 Å². The van der Waals surface area contributed by atoms with Crippen molar-refractivity contribution in [1.29, 1.82) is 0 Å². The normalized spacial score (nSPS) is 23.5. The summed E-state index contributed by atoms with van der Waals surface area (Å²) in [7, 11) is 0. The monoisotopic (exact) mass is 328 g/mol. The zero-order valence-corrected chi connectivity index (χ0v) is 14.0. The molecule has 0 saturated carbocycles. The molecule has 6 nitrogen and oxygen atoms in total. The first kappa shape index (κ1) is 19.1. The molecule has 0 aromatic rings. The molecule has 0 aromatic carbocycles. The Hall–Kier alpha value is -2.94. The Morgan fingerprint density at radius 1 is 1.12 bits per heavy atom. The van der Waals surface area contributed by atoms with E-state index in [-0.39, 0.29) is 24.0 Å². The highest BCUT2D eigenvalue weighted by atomic mass is 16.2. The molecule has 1 unspecified atom stereocenters. The van der Waals surface area contributed by atoms with Gasteiger partial charge in [0.05, 0.1) is 5.57 Å². The number of amides is 4. The van der Waals surface area contributed by atoms with Crippen molar-refractivity contribution in [3.8, 4) is 11.8 Å². The van der Waals surface area contributed by atoms with Crippen molar-refractivity contribution in [3.05, 3.63) is 36.0 Å². The average Bonchev–Trinajstić information content (AvgIpc) is 2.79.